The van der Waals surface area contributed by atoms with Gasteiger partial charge in [-0.1, -0.05) is 30.3 Å². The molecule has 0 radical (unpaired) electrons. The number of piperidine rings is 1. The second kappa shape index (κ2) is 13.1. The summed E-state index contributed by atoms with van der Waals surface area (Å²) in [4.78, 5) is 37.7. The first-order valence-corrected chi connectivity index (χ1v) is 15.5. The minimum Gasteiger partial charge on any atom is -0.465 e. The van der Waals surface area contributed by atoms with Crippen molar-refractivity contribution in [3.05, 3.63) is 101 Å². The van der Waals surface area contributed by atoms with E-state index in [0.717, 1.165) is 22.9 Å². The van der Waals surface area contributed by atoms with Gasteiger partial charge in [-0.05, 0) is 86.2 Å². The second-order valence-electron chi connectivity index (χ2n) is 12.5. The molecule has 1 aliphatic rings. The van der Waals surface area contributed by atoms with Crippen LogP contribution in [0, 0.1) is 18.6 Å². The van der Waals surface area contributed by atoms with E-state index in [-0.39, 0.29) is 17.4 Å². The van der Waals surface area contributed by atoms with Crippen LogP contribution in [0.15, 0.2) is 67.0 Å². The number of carbonyl (C=O) groups is 2. The van der Waals surface area contributed by atoms with E-state index in [4.69, 9.17) is 9.84 Å². The molecular formula is C36H35F2N5O5. The number of carboxylic acid groups (broad SMARTS) is 1. The molecule has 6 rings (SSSR count). The van der Waals surface area contributed by atoms with E-state index in [0.29, 0.717) is 66.0 Å². The van der Waals surface area contributed by atoms with Crippen molar-refractivity contribution in [3.8, 4) is 22.5 Å². The molecule has 12 heteroatoms. The highest BCUT2D eigenvalue weighted by molar-refractivity contribution is 6.06. The van der Waals surface area contributed by atoms with Crippen LogP contribution in [0.25, 0.3) is 33.5 Å². The van der Waals surface area contributed by atoms with E-state index in [1.807, 2.05) is 30.3 Å². The minimum atomic E-state index is -1.28. The summed E-state index contributed by atoms with van der Waals surface area (Å²) < 4.78 is 35.9. The lowest BCUT2D eigenvalue weighted by atomic mass is 9.96. The Kier molecular flexibility index (Phi) is 8.95. The number of rotatable bonds is 8. The molecule has 2 amide bonds. The van der Waals surface area contributed by atoms with Gasteiger partial charge in [-0.25, -0.2) is 23.5 Å². The molecule has 1 saturated heterocycles. The van der Waals surface area contributed by atoms with Crippen LogP contribution in [-0.4, -0.2) is 61.3 Å². The van der Waals surface area contributed by atoms with Crippen LogP contribution in [0.4, 0.5) is 19.3 Å². The molecule has 1 aliphatic heterocycles. The summed E-state index contributed by atoms with van der Waals surface area (Å²) in [7, 11) is 0. The average Bonchev–Trinajstić information content (AvgIpc) is 3.50. The first kappa shape index (κ1) is 32.7. The summed E-state index contributed by atoms with van der Waals surface area (Å²) in [6, 6.07) is 16.1. The lowest BCUT2D eigenvalue weighted by Crippen LogP contribution is -2.40. The molecule has 4 N–H and O–H groups in total. The highest BCUT2D eigenvalue weighted by Crippen LogP contribution is 2.35. The Hall–Kier alpha value is -5.20. The number of hydrogen-bond donors (Lipinski definition) is 4. The SMILES string of the molecule is Cc1c(NC(=O)c2ccc(C(C)(C)O)cc2F)cc(F)cc1-c1ncnc2[nH]c(-c3ccc(COC4CCN(C(=O)O)CC4)cc3)cc12. The van der Waals surface area contributed by atoms with Gasteiger partial charge in [0.1, 0.15) is 23.6 Å². The van der Waals surface area contributed by atoms with Gasteiger partial charge in [0.25, 0.3) is 5.91 Å². The van der Waals surface area contributed by atoms with E-state index < -0.39 is 29.2 Å². The molecule has 248 valence electrons. The highest BCUT2D eigenvalue weighted by atomic mass is 19.1. The van der Waals surface area contributed by atoms with Crippen LogP contribution >= 0.6 is 0 Å². The van der Waals surface area contributed by atoms with Crippen LogP contribution in [-0.2, 0) is 16.9 Å². The third-order valence-electron chi connectivity index (χ3n) is 8.68. The standard InChI is InChI=1S/C36H35F2N5O5/c1-20-27(15-24(37)16-30(20)42-34(44)26-9-8-23(14-29(26)38)36(2,3)47)32-28-17-31(41-33(28)40-19-39-32)22-6-4-21(5-7-22)18-48-25-10-12-43(13-11-25)35(45)46/h4-9,14-17,19,25,47H,10-13,18H2,1-3H3,(H,42,44)(H,45,46)(H,39,40,41). The fourth-order valence-electron chi connectivity index (χ4n) is 5.84. The number of aromatic nitrogens is 3. The summed E-state index contributed by atoms with van der Waals surface area (Å²) in [6.45, 7) is 6.10. The highest BCUT2D eigenvalue weighted by Gasteiger charge is 2.24. The molecular weight excluding hydrogens is 620 g/mol. The van der Waals surface area contributed by atoms with Crippen LogP contribution in [0.2, 0.25) is 0 Å². The zero-order chi connectivity index (χ0) is 34.2. The number of amides is 2. The average molecular weight is 656 g/mol. The molecule has 3 aromatic carbocycles. The van der Waals surface area contributed by atoms with Gasteiger partial charge in [0.15, 0.2) is 0 Å². The molecule has 5 aromatic rings. The molecule has 2 aromatic heterocycles. The van der Waals surface area contributed by atoms with E-state index in [1.165, 1.54) is 49.3 Å². The van der Waals surface area contributed by atoms with E-state index in [2.05, 4.69) is 20.3 Å². The lowest BCUT2D eigenvalue weighted by molar-refractivity contribution is 0.000368. The Bertz CT molecular complexity index is 2000. The Morgan fingerprint density at radius 1 is 1.04 bits per heavy atom. The quantitative estimate of drug-likeness (QED) is 0.141. The largest absolute Gasteiger partial charge is 0.465 e. The van der Waals surface area contributed by atoms with Crippen LogP contribution in [0.1, 0.15) is 53.7 Å². The molecule has 0 unspecified atom stereocenters. The van der Waals surface area contributed by atoms with Crippen molar-refractivity contribution >= 4 is 28.7 Å². The number of hydrogen-bond acceptors (Lipinski definition) is 6. The number of H-pyrrole nitrogens is 1. The van der Waals surface area contributed by atoms with E-state index in [1.54, 1.807) is 6.92 Å². The maximum absolute atomic E-state index is 15.0. The Balaban J connectivity index is 1.21. The van der Waals surface area contributed by atoms with Crippen LogP contribution in [0.3, 0.4) is 0 Å². The number of likely N-dealkylation sites (tertiary alicyclic amines) is 1. The predicted octanol–water partition coefficient (Wildman–Crippen LogP) is 7.02. The molecule has 48 heavy (non-hydrogen) atoms. The summed E-state index contributed by atoms with van der Waals surface area (Å²) in [5, 5.41) is 22.6. The number of carbonyl (C=O) groups excluding carboxylic acids is 1. The summed E-state index contributed by atoms with van der Waals surface area (Å²) in [6.07, 6.45) is 1.82. The zero-order valence-corrected chi connectivity index (χ0v) is 26.7. The molecule has 0 saturated carbocycles. The van der Waals surface area contributed by atoms with Crippen molar-refractivity contribution in [1.82, 2.24) is 19.9 Å². The maximum atomic E-state index is 15.0. The zero-order valence-electron chi connectivity index (χ0n) is 26.7. The van der Waals surface area contributed by atoms with Gasteiger partial charge in [0.2, 0.25) is 0 Å². The number of anilines is 1. The summed E-state index contributed by atoms with van der Waals surface area (Å²) in [5.41, 5.74) is 3.54. The van der Waals surface area contributed by atoms with Gasteiger partial charge in [-0.15, -0.1) is 0 Å². The van der Waals surface area contributed by atoms with Crippen molar-refractivity contribution in [2.45, 2.75) is 51.9 Å². The number of nitrogens with zero attached hydrogens (tertiary/aromatic N) is 3. The van der Waals surface area contributed by atoms with Gasteiger partial charge in [0, 0.05) is 35.4 Å². The third kappa shape index (κ3) is 6.90. The molecule has 0 aliphatic carbocycles. The topological polar surface area (TPSA) is 141 Å². The Morgan fingerprint density at radius 3 is 2.44 bits per heavy atom. The van der Waals surface area contributed by atoms with Crippen molar-refractivity contribution in [2.24, 2.45) is 0 Å². The number of halogens is 2. The molecule has 1 fully saturated rings. The van der Waals surface area contributed by atoms with Crippen molar-refractivity contribution in [3.63, 3.8) is 0 Å². The molecule has 0 atom stereocenters. The molecule has 3 heterocycles. The molecule has 0 spiro atoms. The van der Waals surface area contributed by atoms with Crippen LogP contribution < -0.4 is 5.32 Å². The Morgan fingerprint density at radius 2 is 1.77 bits per heavy atom. The first-order chi connectivity index (χ1) is 22.9. The third-order valence-corrected chi connectivity index (χ3v) is 8.68. The van der Waals surface area contributed by atoms with E-state index >= 15 is 4.39 Å². The number of benzene rings is 3. The number of fused-ring (bicyclic) bond motifs is 1. The summed E-state index contributed by atoms with van der Waals surface area (Å²) >= 11 is 0. The molecule has 10 nitrogen and oxygen atoms in total. The fourth-order valence-corrected chi connectivity index (χ4v) is 5.84. The predicted molar refractivity (Wildman–Crippen MR) is 176 cm³/mol. The lowest BCUT2D eigenvalue weighted by Gasteiger charge is -2.29. The van der Waals surface area contributed by atoms with Gasteiger partial charge in [-0.3, -0.25) is 4.79 Å². The number of aliphatic hydroxyl groups is 1. The van der Waals surface area contributed by atoms with Crippen molar-refractivity contribution in [2.75, 3.05) is 18.4 Å². The minimum absolute atomic E-state index is 0.0123. The van der Waals surface area contributed by atoms with Crippen LogP contribution in [0.5, 0.6) is 0 Å². The van der Waals surface area contributed by atoms with Gasteiger partial charge >= 0.3 is 6.09 Å². The van der Waals surface area contributed by atoms with Crippen molar-refractivity contribution in [1.29, 1.82) is 0 Å². The smallest absolute Gasteiger partial charge is 0.407 e. The second-order valence-corrected chi connectivity index (χ2v) is 12.5. The van der Waals surface area contributed by atoms with Crippen molar-refractivity contribution < 1.29 is 33.3 Å². The van der Waals surface area contributed by atoms with Gasteiger partial charge < -0.3 is 30.2 Å². The Labute approximate surface area is 275 Å². The monoisotopic (exact) mass is 655 g/mol. The van der Waals surface area contributed by atoms with Gasteiger partial charge in [-0.2, -0.15) is 0 Å². The molecule has 0 bridgehead atoms. The van der Waals surface area contributed by atoms with Gasteiger partial charge in [0.05, 0.1) is 29.6 Å². The fraction of sp³-hybridized carbons (Fsp3) is 0.278. The normalized spacial score (nSPS) is 14.0. The first-order valence-electron chi connectivity index (χ1n) is 15.5. The number of aromatic amines is 1. The van der Waals surface area contributed by atoms with E-state index in [9.17, 15) is 19.1 Å². The number of nitrogens with one attached hydrogen (secondary N) is 2. The maximum Gasteiger partial charge on any atom is 0.407 e. The summed E-state index contributed by atoms with van der Waals surface area (Å²) in [5.74, 6) is -2.18. The number of ether oxygens (including phenoxy) is 1.